The van der Waals surface area contributed by atoms with Crippen LogP contribution in [0.25, 0.3) is 11.4 Å². The van der Waals surface area contributed by atoms with Gasteiger partial charge in [0.2, 0.25) is 5.95 Å². The zero-order valence-electron chi connectivity index (χ0n) is 19.6. The predicted octanol–water partition coefficient (Wildman–Crippen LogP) is 3.59. The lowest BCUT2D eigenvalue weighted by Gasteiger charge is -2.43. The smallest absolute Gasteiger partial charge is 0.352 e. The SMILES string of the molecule is Cc1ccc(-c2nnnn2C)c(C(=O)N2CC(F)(F)CC(C)C2CNc2ncc(C(F)(F)F)cn2)c1. The van der Waals surface area contributed by atoms with Gasteiger partial charge < -0.3 is 10.2 Å². The number of halogens is 5. The first-order valence-electron chi connectivity index (χ1n) is 11.0. The van der Waals surface area contributed by atoms with Crippen molar-refractivity contribution in [2.45, 2.75) is 38.4 Å². The van der Waals surface area contributed by atoms with Gasteiger partial charge in [-0.05, 0) is 29.3 Å². The number of carbonyl (C=O) groups is 1. The monoisotopic (exact) mass is 510 g/mol. The minimum Gasteiger partial charge on any atom is -0.352 e. The second kappa shape index (κ2) is 9.39. The Balaban J connectivity index is 1.63. The molecule has 192 valence electrons. The molecular formula is C22H23F5N8O. The minimum absolute atomic E-state index is 0.0407. The summed E-state index contributed by atoms with van der Waals surface area (Å²) in [5, 5.41) is 14.1. The van der Waals surface area contributed by atoms with Crippen LogP contribution in [-0.2, 0) is 13.2 Å². The molecule has 0 radical (unpaired) electrons. The van der Waals surface area contributed by atoms with E-state index in [0.29, 0.717) is 23.8 Å². The molecule has 36 heavy (non-hydrogen) atoms. The number of nitrogens with one attached hydrogen (secondary N) is 1. The van der Waals surface area contributed by atoms with E-state index in [4.69, 9.17) is 0 Å². The highest BCUT2D eigenvalue weighted by Crippen LogP contribution is 2.36. The fourth-order valence-electron chi connectivity index (χ4n) is 4.28. The number of aromatic nitrogens is 6. The Bertz CT molecular complexity index is 1240. The van der Waals surface area contributed by atoms with Crippen LogP contribution in [0.4, 0.5) is 27.9 Å². The summed E-state index contributed by atoms with van der Waals surface area (Å²) in [5.41, 5.74) is 0.272. The number of alkyl halides is 5. The molecule has 1 aromatic carbocycles. The summed E-state index contributed by atoms with van der Waals surface area (Å²) in [6.45, 7) is 2.50. The molecule has 1 N–H and O–H groups in total. The lowest BCUT2D eigenvalue weighted by molar-refractivity contribution is -0.138. The van der Waals surface area contributed by atoms with Crippen molar-refractivity contribution in [3.63, 3.8) is 0 Å². The molecule has 9 nitrogen and oxygen atoms in total. The zero-order valence-corrected chi connectivity index (χ0v) is 19.6. The van der Waals surface area contributed by atoms with Crippen molar-refractivity contribution in [3.05, 3.63) is 47.3 Å². The van der Waals surface area contributed by atoms with Gasteiger partial charge in [0.05, 0.1) is 23.7 Å². The number of tetrazole rings is 1. The number of hydrogen-bond donors (Lipinski definition) is 1. The van der Waals surface area contributed by atoms with Crippen molar-refractivity contribution < 1.29 is 26.7 Å². The van der Waals surface area contributed by atoms with Crippen LogP contribution in [0.3, 0.4) is 0 Å². The molecule has 0 bridgehead atoms. The van der Waals surface area contributed by atoms with Crippen LogP contribution in [0.5, 0.6) is 0 Å². The average molecular weight is 510 g/mol. The molecule has 1 aliphatic heterocycles. The van der Waals surface area contributed by atoms with Crippen molar-refractivity contribution in [2.24, 2.45) is 13.0 Å². The topological polar surface area (TPSA) is 102 Å². The van der Waals surface area contributed by atoms with E-state index in [0.717, 1.165) is 10.5 Å². The highest BCUT2D eigenvalue weighted by molar-refractivity contribution is 6.00. The van der Waals surface area contributed by atoms with Gasteiger partial charge in [-0.1, -0.05) is 24.6 Å². The summed E-state index contributed by atoms with van der Waals surface area (Å²) < 4.78 is 68.9. The van der Waals surface area contributed by atoms with Gasteiger partial charge >= 0.3 is 6.18 Å². The van der Waals surface area contributed by atoms with E-state index in [1.54, 1.807) is 39.1 Å². The maximum atomic E-state index is 14.6. The molecule has 2 atom stereocenters. The van der Waals surface area contributed by atoms with Crippen molar-refractivity contribution in [2.75, 3.05) is 18.4 Å². The molecule has 14 heteroatoms. The van der Waals surface area contributed by atoms with E-state index in [2.05, 4.69) is 30.8 Å². The van der Waals surface area contributed by atoms with Gasteiger partial charge in [0.1, 0.15) is 0 Å². The highest BCUT2D eigenvalue weighted by atomic mass is 19.4. The third-order valence-corrected chi connectivity index (χ3v) is 6.06. The number of piperidine rings is 1. The Morgan fingerprint density at radius 3 is 2.53 bits per heavy atom. The van der Waals surface area contributed by atoms with Crippen LogP contribution in [-0.4, -0.2) is 66.0 Å². The second-order valence-corrected chi connectivity index (χ2v) is 8.89. The van der Waals surface area contributed by atoms with Gasteiger partial charge in [-0.2, -0.15) is 13.2 Å². The second-order valence-electron chi connectivity index (χ2n) is 8.89. The summed E-state index contributed by atoms with van der Waals surface area (Å²) in [7, 11) is 1.59. The molecular weight excluding hydrogens is 487 g/mol. The Kier molecular flexibility index (Phi) is 6.62. The molecule has 3 aromatic rings. The van der Waals surface area contributed by atoms with Gasteiger partial charge in [-0.15, -0.1) is 5.10 Å². The largest absolute Gasteiger partial charge is 0.419 e. The summed E-state index contributed by atoms with van der Waals surface area (Å²) in [6.07, 6.45) is -3.78. The number of nitrogens with zero attached hydrogens (tertiary/aromatic N) is 7. The summed E-state index contributed by atoms with van der Waals surface area (Å²) >= 11 is 0. The predicted molar refractivity (Wildman–Crippen MR) is 118 cm³/mol. The number of carbonyl (C=O) groups excluding carboxylic acids is 1. The number of likely N-dealkylation sites (tertiary alicyclic amines) is 1. The standard InChI is InChI=1S/C22H23F5N8O/c1-12-4-5-15(18-31-32-33-34(18)3)16(6-12)19(36)35-11-21(23,24)7-13(2)17(35)10-30-20-28-8-14(9-29-20)22(25,26)27/h4-6,8-9,13,17H,7,10-11H2,1-3H3,(H,28,29,30). The summed E-state index contributed by atoms with van der Waals surface area (Å²) in [4.78, 5) is 22.1. The van der Waals surface area contributed by atoms with E-state index in [-0.39, 0.29) is 18.1 Å². The fraction of sp³-hybridized carbons (Fsp3) is 0.455. The maximum absolute atomic E-state index is 14.6. The Morgan fingerprint density at radius 1 is 1.22 bits per heavy atom. The molecule has 2 aromatic heterocycles. The number of hydrogen-bond acceptors (Lipinski definition) is 7. The lowest BCUT2D eigenvalue weighted by Crippen LogP contribution is -2.57. The summed E-state index contributed by atoms with van der Waals surface area (Å²) in [5.74, 6) is -4.20. The number of rotatable bonds is 5. The van der Waals surface area contributed by atoms with Crippen molar-refractivity contribution in [1.82, 2.24) is 35.1 Å². The van der Waals surface area contributed by atoms with Crippen LogP contribution in [0.2, 0.25) is 0 Å². The third kappa shape index (κ3) is 5.26. The molecule has 3 heterocycles. The fourth-order valence-corrected chi connectivity index (χ4v) is 4.28. The average Bonchev–Trinajstić information content (AvgIpc) is 3.22. The third-order valence-electron chi connectivity index (χ3n) is 6.06. The van der Waals surface area contributed by atoms with Crippen LogP contribution in [0.1, 0.15) is 34.8 Å². The number of anilines is 1. The van der Waals surface area contributed by atoms with E-state index in [1.165, 1.54) is 4.68 Å². The highest BCUT2D eigenvalue weighted by Gasteiger charge is 2.46. The van der Waals surface area contributed by atoms with E-state index in [9.17, 15) is 26.7 Å². The van der Waals surface area contributed by atoms with E-state index >= 15 is 0 Å². The van der Waals surface area contributed by atoms with Gasteiger partial charge in [0.25, 0.3) is 11.8 Å². The van der Waals surface area contributed by atoms with Gasteiger partial charge in [-0.3, -0.25) is 4.79 Å². The Morgan fingerprint density at radius 2 is 1.92 bits per heavy atom. The maximum Gasteiger partial charge on any atom is 0.419 e. The lowest BCUT2D eigenvalue weighted by atomic mass is 9.87. The van der Waals surface area contributed by atoms with Crippen LogP contribution in [0, 0.1) is 12.8 Å². The Labute approximate surface area is 202 Å². The molecule has 2 unspecified atom stereocenters. The van der Waals surface area contributed by atoms with Crippen molar-refractivity contribution >= 4 is 11.9 Å². The first-order chi connectivity index (χ1) is 16.9. The van der Waals surface area contributed by atoms with Crippen molar-refractivity contribution in [3.8, 4) is 11.4 Å². The van der Waals surface area contributed by atoms with E-state index in [1.807, 2.05) is 0 Å². The quantitative estimate of drug-likeness (QED) is 0.524. The summed E-state index contributed by atoms with van der Waals surface area (Å²) in [6, 6.07) is 4.29. The number of benzene rings is 1. The van der Waals surface area contributed by atoms with Crippen molar-refractivity contribution in [1.29, 1.82) is 0 Å². The normalized spacial score (nSPS) is 19.8. The van der Waals surface area contributed by atoms with Crippen LogP contribution in [0.15, 0.2) is 30.6 Å². The molecule has 1 fully saturated rings. The van der Waals surface area contributed by atoms with Gasteiger partial charge in [-0.25, -0.2) is 23.4 Å². The van der Waals surface area contributed by atoms with E-state index < -0.39 is 48.5 Å². The molecule has 0 aliphatic carbocycles. The number of amides is 1. The molecule has 1 amide bonds. The van der Waals surface area contributed by atoms with Crippen LogP contribution < -0.4 is 5.32 Å². The Hall–Kier alpha value is -3.71. The molecule has 0 saturated carbocycles. The van der Waals surface area contributed by atoms with Gasteiger partial charge in [0, 0.05) is 38.0 Å². The zero-order chi connectivity index (χ0) is 26.3. The first kappa shape index (κ1) is 25.4. The van der Waals surface area contributed by atoms with Gasteiger partial charge in [0.15, 0.2) is 5.82 Å². The minimum atomic E-state index is -4.59. The number of aryl methyl sites for hydroxylation is 2. The molecule has 4 rings (SSSR count). The first-order valence-corrected chi connectivity index (χ1v) is 11.0. The molecule has 1 saturated heterocycles. The molecule has 0 spiro atoms. The molecule has 1 aliphatic rings. The van der Waals surface area contributed by atoms with Crippen LogP contribution >= 0.6 is 0 Å².